The zero-order valence-corrected chi connectivity index (χ0v) is 16.8. The Kier molecular flexibility index (Phi) is 6.84. The summed E-state index contributed by atoms with van der Waals surface area (Å²) in [6, 6.07) is 12.7. The van der Waals surface area contributed by atoms with Crippen molar-refractivity contribution in [3.8, 4) is 17.2 Å². The topological polar surface area (TPSA) is 83.1 Å². The van der Waals surface area contributed by atoms with Crippen molar-refractivity contribution in [2.24, 2.45) is 10.7 Å². The van der Waals surface area contributed by atoms with Gasteiger partial charge in [-0.15, -0.1) is 0 Å². The number of aliphatic imine (C=N–C) groups is 1. The summed E-state index contributed by atoms with van der Waals surface area (Å²) in [5, 5.41) is 0.804. The van der Waals surface area contributed by atoms with Crippen LogP contribution in [0.2, 0.25) is 5.02 Å². The van der Waals surface area contributed by atoms with E-state index in [0.29, 0.717) is 47.0 Å². The molecule has 0 unspecified atom stereocenters. The number of benzene rings is 2. The molecule has 0 aromatic heterocycles. The molecular weight excluding hydrogens is 400 g/mol. The second-order valence-corrected chi connectivity index (χ2v) is 7.10. The van der Waals surface area contributed by atoms with Crippen LogP contribution in [0.15, 0.2) is 52.4 Å². The monoisotopic (exact) mass is 418 g/mol. The van der Waals surface area contributed by atoms with Crippen LogP contribution >= 0.6 is 23.4 Å². The number of carbonyl (C=O) groups is 1. The molecule has 1 aliphatic heterocycles. The van der Waals surface area contributed by atoms with E-state index < -0.39 is 0 Å². The highest BCUT2D eigenvalue weighted by atomic mass is 35.5. The van der Waals surface area contributed by atoms with Gasteiger partial charge in [-0.05, 0) is 54.6 Å². The molecule has 6 nitrogen and oxygen atoms in total. The van der Waals surface area contributed by atoms with Gasteiger partial charge in [-0.25, -0.2) is 0 Å². The predicted octanol–water partition coefficient (Wildman–Crippen LogP) is 4.13. The zero-order valence-electron chi connectivity index (χ0n) is 15.2. The fraction of sp³-hybridized carbons (Fsp3) is 0.200. The first kappa shape index (κ1) is 20.1. The van der Waals surface area contributed by atoms with Crippen molar-refractivity contribution in [3.63, 3.8) is 0 Å². The Morgan fingerprint density at radius 3 is 2.50 bits per heavy atom. The second kappa shape index (κ2) is 9.52. The van der Waals surface area contributed by atoms with Gasteiger partial charge in [-0.3, -0.25) is 4.79 Å². The maximum atomic E-state index is 11.7. The lowest BCUT2D eigenvalue weighted by atomic mass is 10.2. The number of carbonyl (C=O) groups excluding carboxylic acids is 1. The van der Waals surface area contributed by atoms with Gasteiger partial charge in [0.25, 0.3) is 5.91 Å². The summed E-state index contributed by atoms with van der Waals surface area (Å²) < 4.78 is 17.1. The molecule has 3 rings (SSSR count). The van der Waals surface area contributed by atoms with E-state index in [1.807, 2.05) is 31.2 Å². The average Bonchev–Trinajstić information content (AvgIpc) is 2.99. The van der Waals surface area contributed by atoms with Crippen LogP contribution in [0, 0.1) is 0 Å². The van der Waals surface area contributed by atoms with E-state index in [4.69, 9.17) is 31.5 Å². The second-order valence-electron chi connectivity index (χ2n) is 5.63. The number of para-hydroxylation sites is 1. The van der Waals surface area contributed by atoms with Crippen molar-refractivity contribution in [3.05, 3.63) is 58.0 Å². The molecule has 0 saturated heterocycles. The molecule has 0 radical (unpaired) electrons. The summed E-state index contributed by atoms with van der Waals surface area (Å²) in [7, 11) is 0. The molecule has 1 heterocycles. The van der Waals surface area contributed by atoms with Gasteiger partial charge >= 0.3 is 0 Å². The number of amides is 1. The molecule has 0 saturated carbocycles. The van der Waals surface area contributed by atoms with Gasteiger partial charge in [0.1, 0.15) is 19.0 Å². The number of nitrogens with zero attached hydrogens (tertiary/aromatic N) is 1. The maximum absolute atomic E-state index is 11.7. The van der Waals surface area contributed by atoms with Crippen molar-refractivity contribution in [1.29, 1.82) is 0 Å². The normalized spacial score (nSPS) is 14.9. The molecule has 2 aromatic rings. The van der Waals surface area contributed by atoms with Gasteiger partial charge in [0, 0.05) is 0 Å². The molecule has 1 aliphatic rings. The van der Waals surface area contributed by atoms with Crippen LogP contribution in [0.25, 0.3) is 6.08 Å². The van der Waals surface area contributed by atoms with Crippen molar-refractivity contribution < 1.29 is 19.0 Å². The number of ether oxygens (including phenoxy) is 3. The first-order chi connectivity index (χ1) is 13.6. The molecule has 0 aliphatic carbocycles. The van der Waals surface area contributed by atoms with Crippen LogP contribution in [0.4, 0.5) is 0 Å². The molecular formula is C20H19ClN2O4S. The van der Waals surface area contributed by atoms with Gasteiger partial charge in [0.05, 0.1) is 16.5 Å². The van der Waals surface area contributed by atoms with Crippen molar-refractivity contribution in [1.82, 2.24) is 0 Å². The van der Waals surface area contributed by atoms with E-state index in [1.54, 1.807) is 24.3 Å². The molecule has 0 bridgehead atoms. The Morgan fingerprint density at radius 2 is 1.82 bits per heavy atom. The van der Waals surface area contributed by atoms with E-state index >= 15 is 0 Å². The highest BCUT2D eigenvalue weighted by molar-refractivity contribution is 8.18. The van der Waals surface area contributed by atoms with Crippen LogP contribution < -0.4 is 19.9 Å². The third-order valence-electron chi connectivity index (χ3n) is 3.64. The van der Waals surface area contributed by atoms with E-state index in [1.165, 1.54) is 0 Å². The summed E-state index contributed by atoms with van der Waals surface area (Å²) in [6.07, 6.45) is 1.73. The number of thioether (sulfide) groups is 1. The molecule has 8 heteroatoms. The Labute approximate surface area is 172 Å². The van der Waals surface area contributed by atoms with Crippen molar-refractivity contribution in [2.45, 2.75) is 6.92 Å². The molecule has 1 amide bonds. The number of rotatable bonds is 8. The lowest BCUT2D eigenvalue weighted by molar-refractivity contribution is -0.113. The zero-order chi connectivity index (χ0) is 19.9. The molecule has 146 valence electrons. The van der Waals surface area contributed by atoms with Crippen molar-refractivity contribution in [2.75, 3.05) is 19.8 Å². The highest BCUT2D eigenvalue weighted by Crippen LogP contribution is 2.32. The molecule has 0 fully saturated rings. The van der Waals surface area contributed by atoms with Gasteiger partial charge in [-0.1, -0.05) is 29.8 Å². The average molecular weight is 419 g/mol. The molecule has 0 atom stereocenters. The van der Waals surface area contributed by atoms with Crippen LogP contribution in [0.3, 0.4) is 0 Å². The van der Waals surface area contributed by atoms with Crippen LogP contribution in [-0.2, 0) is 4.79 Å². The number of amidine groups is 1. The van der Waals surface area contributed by atoms with E-state index in [9.17, 15) is 4.79 Å². The molecule has 2 N–H and O–H groups in total. The minimum atomic E-state index is -0.336. The summed E-state index contributed by atoms with van der Waals surface area (Å²) >= 11 is 7.21. The summed E-state index contributed by atoms with van der Waals surface area (Å²) in [4.78, 5) is 15.9. The largest absolute Gasteiger partial charge is 0.490 e. The lowest BCUT2D eigenvalue weighted by Crippen LogP contribution is -2.10. The SMILES string of the molecule is CCOc1cc(/C=C2\SC(N)=NC2=O)ccc1OCCOc1ccccc1Cl. The highest BCUT2D eigenvalue weighted by Gasteiger charge is 2.19. The number of halogens is 1. The van der Waals surface area contributed by atoms with Crippen LogP contribution in [-0.4, -0.2) is 30.9 Å². The molecule has 0 spiro atoms. The summed E-state index contributed by atoms with van der Waals surface area (Å²) in [5.74, 6) is 1.45. The third kappa shape index (κ3) is 5.21. The fourth-order valence-electron chi connectivity index (χ4n) is 2.44. The summed E-state index contributed by atoms with van der Waals surface area (Å²) in [6.45, 7) is 3.03. The van der Waals surface area contributed by atoms with Gasteiger partial charge in [0.15, 0.2) is 16.7 Å². The number of hydrogen-bond acceptors (Lipinski definition) is 6. The first-order valence-electron chi connectivity index (χ1n) is 8.62. The molecule has 28 heavy (non-hydrogen) atoms. The first-order valence-corrected chi connectivity index (χ1v) is 9.81. The Hall–Kier alpha value is -2.64. The maximum Gasteiger partial charge on any atom is 0.286 e. The van der Waals surface area contributed by atoms with Crippen LogP contribution in [0.5, 0.6) is 17.2 Å². The lowest BCUT2D eigenvalue weighted by Gasteiger charge is -2.13. The van der Waals surface area contributed by atoms with E-state index in [2.05, 4.69) is 4.99 Å². The van der Waals surface area contributed by atoms with Gasteiger partial charge in [0.2, 0.25) is 0 Å². The third-order valence-corrected chi connectivity index (χ3v) is 4.76. The minimum Gasteiger partial charge on any atom is -0.490 e. The smallest absolute Gasteiger partial charge is 0.286 e. The van der Waals surface area contributed by atoms with E-state index in [0.717, 1.165) is 17.3 Å². The minimum absolute atomic E-state index is 0.250. The van der Waals surface area contributed by atoms with Gasteiger partial charge < -0.3 is 19.9 Å². The number of hydrogen-bond donors (Lipinski definition) is 1. The standard InChI is InChI=1S/C20H19ClN2O4S/c1-2-25-17-11-13(12-18-19(24)23-20(22)28-18)7-8-16(17)27-10-9-26-15-6-4-3-5-14(15)21/h3-8,11-12H,2,9-10H2,1H3,(H2,22,23,24)/b18-12-. The number of nitrogens with two attached hydrogens (primary N) is 1. The predicted molar refractivity (Wildman–Crippen MR) is 112 cm³/mol. The van der Waals surface area contributed by atoms with Crippen LogP contribution in [0.1, 0.15) is 12.5 Å². The fourth-order valence-corrected chi connectivity index (χ4v) is 3.32. The van der Waals surface area contributed by atoms with E-state index in [-0.39, 0.29) is 11.1 Å². The Balaban J connectivity index is 1.63. The molecule has 2 aromatic carbocycles. The van der Waals surface area contributed by atoms with Gasteiger partial charge in [-0.2, -0.15) is 4.99 Å². The Bertz CT molecular complexity index is 930. The Morgan fingerprint density at radius 1 is 1.07 bits per heavy atom. The quantitative estimate of drug-likeness (QED) is 0.512. The van der Waals surface area contributed by atoms with Crippen molar-refractivity contribution >= 4 is 40.5 Å². The summed E-state index contributed by atoms with van der Waals surface area (Å²) in [5.41, 5.74) is 6.37.